The van der Waals surface area contributed by atoms with Crippen LogP contribution in [0.4, 0.5) is 8.78 Å². The van der Waals surface area contributed by atoms with E-state index in [1.165, 1.54) is 24.3 Å². The van der Waals surface area contributed by atoms with Crippen molar-refractivity contribution in [2.75, 3.05) is 6.54 Å². The highest BCUT2D eigenvalue weighted by atomic mass is 19.1. The van der Waals surface area contributed by atoms with E-state index in [9.17, 15) is 13.9 Å². The largest absolute Gasteiger partial charge is 0.489 e. The van der Waals surface area contributed by atoms with Crippen LogP contribution in [0.15, 0.2) is 72.8 Å². The molecule has 0 heterocycles. The van der Waals surface area contributed by atoms with Crippen molar-refractivity contribution in [1.29, 1.82) is 0 Å². The Kier molecular flexibility index (Phi) is 6.52. The van der Waals surface area contributed by atoms with E-state index >= 15 is 0 Å². The van der Waals surface area contributed by atoms with Gasteiger partial charge >= 0.3 is 0 Å². The molecular weight excluding hydrogens is 348 g/mol. The Labute approximate surface area is 157 Å². The molecule has 0 aliphatic rings. The summed E-state index contributed by atoms with van der Waals surface area (Å²) in [6.45, 7) is 1.26. The summed E-state index contributed by atoms with van der Waals surface area (Å²) < 4.78 is 31.7. The highest BCUT2D eigenvalue weighted by molar-refractivity contribution is 5.28. The van der Waals surface area contributed by atoms with Gasteiger partial charge in [-0.3, -0.25) is 0 Å². The molecule has 2 N–H and O–H groups in total. The quantitative estimate of drug-likeness (QED) is 0.620. The van der Waals surface area contributed by atoms with Gasteiger partial charge in [-0.1, -0.05) is 36.4 Å². The fourth-order valence-electron chi connectivity index (χ4n) is 2.65. The van der Waals surface area contributed by atoms with Gasteiger partial charge in [0.25, 0.3) is 0 Å². The lowest BCUT2D eigenvalue weighted by molar-refractivity contribution is 0.174. The molecule has 0 fully saturated rings. The first-order chi connectivity index (χ1) is 13.1. The number of aliphatic hydroxyl groups excluding tert-OH is 1. The second kappa shape index (κ2) is 9.26. The van der Waals surface area contributed by atoms with Gasteiger partial charge in [0.2, 0.25) is 0 Å². The van der Waals surface area contributed by atoms with E-state index < -0.39 is 6.10 Å². The first-order valence-electron chi connectivity index (χ1n) is 8.70. The average molecular weight is 369 g/mol. The molecule has 0 aliphatic carbocycles. The summed E-state index contributed by atoms with van der Waals surface area (Å²) in [5.74, 6) is 0.105. The first-order valence-corrected chi connectivity index (χ1v) is 8.70. The third kappa shape index (κ3) is 5.88. The molecular formula is C22H21F2NO2. The monoisotopic (exact) mass is 369 g/mol. The SMILES string of the molecule is O[C@@H](CNCc1ccc(OCc2cccc(F)c2)cc1)c1ccc(F)cc1. The summed E-state index contributed by atoms with van der Waals surface area (Å²) in [4.78, 5) is 0. The summed E-state index contributed by atoms with van der Waals surface area (Å²) in [7, 11) is 0. The molecule has 0 saturated heterocycles. The van der Waals surface area contributed by atoms with Gasteiger partial charge in [-0.15, -0.1) is 0 Å². The maximum absolute atomic E-state index is 13.2. The number of ether oxygens (including phenoxy) is 1. The molecule has 0 aromatic heterocycles. The molecule has 1 atom stereocenters. The van der Waals surface area contributed by atoms with Gasteiger partial charge in [-0.25, -0.2) is 8.78 Å². The van der Waals surface area contributed by atoms with E-state index in [1.54, 1.807) is 18.2 Å². The normalized spacial score (nSPS) is 12.0. The highest BCUT2D eigenvalue weighted by Crippen LogP contribution is 2.16. The van der Waals surface area contributed by atoms with Crippen molar-refractivity contribution >= 4 is 0 Å². The van der Waals surface area contributed by atoms with Crippen LogP contribution in [-0.2, 0) is 13.2 Å². The number of halogens is 2. The minimum Gasteiger partial charge on any atom is -0.489 e. The van der Waals surface area contributed by atoms with E-state index in [1.807, 2.05) is 30.3 Å². The van der Waals surface area contributed by atoms with Crippen molar-refractivity contribution in [3.05, 3.63) is 101 Å². The number of rotatable bonds is 8. The molecule has 0 bridgehead atoms. The maximum atomic E-state index is 13.2. The average Bonchev–Trinajstić information content (AvgIpc) is 2.68. The summed E-state index contributed by atoms with van der Waals surface area (Å²) in [6, 6.07) is 19.7. The third-order valence-electron chi connectivity index (χ3n) is 4.14. The van der Waals surface area contributed by atoms with Gasteiger partial charge < -0.3 is 15.2 Å². The van der Waals surface area contributed by atoms with Crippen molar-refractivity contribution in [2.24, 2.45) is 0 Å². The molecule has 0 unspecified atom stereocenters. The van der Waals surface area contributed by atoms with Crippen molar-refractivity contribution in [3.63, 3.8) is 0 Å². The van der Waals surface area contributed by atoms with Crippen LogP contribution in [-0.4, -0.2) is 11.7 Å². The minimum absolute atomic E-state index is 0.277. The van der Waals surface area contributed by atoms with E-state index in [0.29, 0.717) is 31.0 Å². The minimum atomic E-state index is -0.695. The predicted octanol–water partition coefficient (Wildman–Crippen LogP) is 4.37. The third-order valence-corrected chi connectivity index (χ3v) is 4.14. The molecule has 27 heavy (non-hydrogen) atoms. The van der Waals surface area contributed by atoms with E-state index in [4.69, 9.17) is 4.74 Å². The Morgan fingerprint density at radius 3 is 2.30 bits per heavy atom. The Morgan fingerprint density at radius 1 is 0.852 bits per heavy atom. The Hall–Kier alpha value is -2.76. The fourth-order valence-corrected chi connectivity index (χ4v) is 2.65. The van der Waals surface area contributed by atoms with Crippen molar-refractivity contribution in [3.8, 4) is 5.75 Å². The zero-order chi connectivity index (χ0) is 19.1. The van der Waals surface area contributed by atoms with Crippen LogP contribution in [0, 0.1) is 11.6 Å². The number of hydrogen-bond donors (Lipinski definition) is 2. The molecule has 3 aromatic rings. The summed E-state index contributed by atoms with van der Waals surface area (Å²) in [6.07, 6.45) is -0.695. The lowest BCUT2D eigenvalue weighted by Gasteiger charge is -2.13. The van der Waals surface area contributed by atoms with Crippen LogP contribution >= 0.6 is 0 Å². The Bertz CT molecular complexity index is 851. The van der Waals surface area contributed by atoms with Crippen LogP contribution in [0.5, 0.6) is 5.75 Å². The van der Waals surface area contributed by atoms with Crippen LogP contribution in [0.3, 0.4) is 0 Å². The van der Waals surface area contributed by atoms with Crippen molar-refractivity contribution in [2.45, 2.75) is 19.3 Å². The summed E-state index contributed by atoms with van der Waals surface area (Å²) in [5, 5.41) is 13.3. The molecule has 0 saturated carbocycles. The van der Waals surface area contributed by atoms with Crippen molar-refractivity contribution < 1.29 is 18.6 Å². The molecule has 3 rings (SSSR count). The Balaban J connectivity index is 1.44. The first kappa shape index (κ1) is 19.0. The van der Waals surface area contributed by atoms with Crippen LogP contribution < -0.4 is 10.1 Å². The second-order valence-corrected chi connectivity index (χ2v) is 6.26. The van der Waals surface area contributed by atoms with Gasteiger partial charge in [0.15, 0.2) is 0 Å². The zero-order valence-corrected chi connectivity index (χ0v) is 14.7. The summed E-state index contributed by atoms with van der Waals surface area (Å²) >= 11 is 0. The standard InChI is InChI=1S/C22H21F2NO2/c23-19-8-6-18(7-9-19)22(26)14-25-13-16-4-10-21(11-5-16)27-15-17-2-1-3-20(24)12-17/h1-12,22,25-26H,13-15H2/t22-/m0/s1. The molecule has 0 radical (unpaired) electrons. The molecule has 3 nitrogen and oxygen atoms in total. The van der Waals surface area contributed by atoms with Gasteiger partial charge in [0.1, 0.15) is 24.0 Å². The molecule has 5 heteroatoms. The van der Waals surface area contributed by atoms with E-state index in [-0.39, 0.29) is 11.6 Å². The number of nitrogens with one attached hydrogen (secondary N) is 1. The van der Waals surface area contributed by atoms with E-state index in [0.717, 1.165) is 11.1 Å². The molecule has 0 aliphatic heterocycles. The van der Waals surface area contributed by atoms with Gasteiger partial charge in [0.05, 0.1) is 6.10 Å². The number of aliphatic hydroxyl groups is 1. The van der Waals surface area contributed by atoms with Crippen LogP contribution in [0.1, 0.15) is 22.8 Å². The fraction of sp³-hybridized carbons (Fsp3) is 0.182. The smallest absolute Gasteiger partial charge is 0.123 e. The molecule has 3 aromatic carbocycles. The molecule has 0 spiro atoms. The highest BCUT2D eigenvalue weighted by Gasteiger charge is 2.07. The number of hydrogen-bond acceptors (Lipinski definition) is 3. The lowest BCUT2D eigenvalue weighted by atomic mass is 10.1. The van der Waals surface area contributed by atoms with Crippen LogP contribution in [0.2, 0.25) is 0 Å². The summed E-state index contributed by atoms with van der Waals surface area (Å²) in [5.41, 5.74) is 2.49. The maximum Gasteiger partial charge on any atom is 0.123 e. The zero-order valence-electron chi connectivity index (χ0n) is 14.7. The second-order valence-electron chi connectivity index (χ2n) is 6.26. The van der Waals surface area contributed by atoms with Gasteiger partial charge in [0, 0.05) is 13.1 Å². The van der Waals surface area contributed by atoms with Crippen molar-refractivity contribution in [1.82, 2.24) is 5.32 Å². The molecule has 0 amide bonds. The van der Waals surface area contributed by atoms with Gasteiger partial charge in [-0.05, 0) is 53.1 Å². The van der Waals surface area contributed by atoms with Gasteiger partial charge in [-0.2, -0.15) is 0 Å². The molecule has 140 valence electrons. The number of benzene rings is 3. The van der Waals surface area contributed by atoms with Crippen LogP contribution in [0.25, 0.3) is 0 Å². The lowest BCUT2D eigenvalue weighted by Crippen LogP contribution is -2.21. The topological polar surface area (TPSA) is 41.5 Å². The predicted molar refractivity (Wildman–Crippen MR) is 100 cm³/mol. The van der Waals surface area contributed by atoms with E-state index in [2.05, 4.69) is 5.32 Å². The Morgan fingerprint density at radius 2 is 1.59 bits per heavy atom.